The summed E-state index contributed by atoms with van der Waals surface area (Å²) in [7, 11) is 0. The minimum atomic E-state index is 0.101. The number of nitrogen functional groups attached to an aromatic ring is 1. The van der Waals surface area contributed by atoms with E-state index in [2.05, 4.69) is 34.6 Å². The maximum Gasteiger partial charge on any atom is 0.239 e. The fourth-order valence-corrected chi connectivity index (χ4v) is 2.44. The molecule has 1 heterocycles. The van der Waals surface area contributed by atoms with Crippen LogP contribution in [0.3, 0.4) is 0 Å². The zero-order valence-corrected chi connectivity index (χ0v) is 12.0. The van der Waals surface area contributed by atoms with Crippen LogP contribution in [0, 0.1) is 12.3 Å². The Morgan fingerprint density at radius 3 is 2.84 bits per heavy atom. The molecule has 1 aromatic heterocycles. The quantitative estimate of drug-likeness (QED) is 0.555. The molecular weight excluding hydrogens is 242 g/mol. The number of nitrogens with zero attached hydrogens (tertiary/aromatic N) is 2. The van der Waals surface area contributed by atoms with E-state index < -0.39 is 0 Å². The monoisotopic (exact) mass is 265 g/mol. The summed E-state index contributed by atoms with van der Waals surface area (Å²) in [5, 5.41) is 3.47. The predicted octanol–water partition coefficient (Wildman–Crippen LogP) is 1.69. The highest BCUT2D eigenvalue weighted by Crippen LogP contribution is 2.44. The number of rotatable bonds is 5. The van der Waals surface area contributed by atoms with Crippen LogP contribution in [0.5, 0.6) is 0 Å². The first-order chi connectivity index (χ1) is 8.98. The molecule has 0 saturated heterocycles. The van der Waals surface area contributed by atoms with Crippen LogP contribution in [-0.4, -0.2) is 28.7 Å². The van der Waals surface area contributed by atoms with Gasteiger partial charge in [-0.3, -0.25) is 5.43 Å². The lowest BCUT2D eigenvalue weighted by molar-refractivity contribution is -0.0976. The number of aryl methyl sites for hydroxylation is 1. The van der Waals surface area contributed by atoms with Crippen LogP contribution >= 0.6 is 0 Å². The lowest BCUT2D eigenvalue weighted by atomic mass is 9.64. The Bertz CT molecular complexity index is 449. The molecule has 1 aromatic rings. The molecule has 0 amide bonds. The largest absolute Gasteiger partial charge is 0.378 e. The van der Waals surface area contributed by atoms with Crippen molar-refractivity contribution in [3.63, 3.8) is 0 Å². The van der Waals surface area contributed by atoms with Gasteiger partial charge in [-0.2, -0.15) is 4.98 Å². The van der Waals surface area contributed by atoms with Gasteiger partial charge in [0.15, 0.2) is 0 Å². The third kappa shape index (κ3) is 2.64. The fourth-order valence-electron chi connectivity index (χ4n) is 2.44. The van der Waals surface area contributed by atoms with E-state index in [4.69, 9.17) is 10.6 Å². The minimum Gasteiger partial charge on any atom is -0.378 e. The van der Waals surface area contributed by atoms with Gasteiger partial charge in [0.05, 0.1) is 6.10 Å². The fraction of sp³-hybridized carbons (Fsp3) is 0.692. The zero-order valence-electron chi connectivity index (χ0n) is 12.0. The maximum absolute atomic E-state index is 5.73. The molecule has 2 atom stereocenters. The van der Waals surface area contributed by atoms with Gasteiger partial charge in [0, 0.05) is 29.8 Å². The molecule has 0 radical (unpaired) electrons. The minimum absolute atomic E-state index is 0.101. The molecule has 1 aliphatic rings. The van der Waals surface area contributed by atoms with Crippen molar-refractivity contribution < 1.29 is 4.74 Å². The normalized spacial score (nSPS) is 24.7. The molecule has 4 N–H and O–H groups in total. The third-order valence-electron chi connectivity index (χ3n) is 3.96. The van der Waals surface area contributed by atoms with Crippen molar-refractivity contribution in [3.8, 4) is 0 Å². The van der Waals surface area contributed by atoms with E-state index in [-0.39, 0.29) is 5.41 Å². The van der Waals surface area contributed by atoms with Gasteiger partial charge in [-0.1, -0.05) is 13.8 Å². The number of hydrogen-bond donors (Lipinski definition) is 3. The van der Waals surface area contributed by atoms with Gasteiger partial charge in [-0.05, 0) is 20.3 Å². The van der Waals surface area contributed by atoms with Crippen molar-refractivity contribution in [1.29, 1.82) is 0 Å². The summed E-state index contributed by atoms with van der Waals surface area (Å²) in [6, 6.07) is 0.350. The molecule has 6 nitrogen and oxygen atoms in total. The number of hydrogen-bond acceptors (Lipinski definition) is 6. The molecule has 0 aliphatic heterocycles. The van der Waals surface area contributed by atoms with E-state index in [1.54, 1.807) is 6.20 Å². The highest BCUT2D eigenvalue weighted by atomic mass is 16.5. The Morgan fingerprint density at radius 2 is 2.26 bits per heavy atom. The zero-order chi connectivity index (χ0) is 14.0. The molecule has 6 heteroatoms. The Kier molecular flexibility index (Phi) is 3.91. The van der Waals surface area contributed by atoms with Crippen LogP contribution < -0.4 is 16.6 Å². The van der Waals surface area contributed by atoms with Crippen molar-refractivity contribution in [1.82, 2.24) is 9.97 Å². The van der Waals surface area contributed by atoms with E-state index in [0.717, 1.165) is 24.4 Å². The number of ether oxygens (including phenoxy) is 1. The molecule has 0 spiro atoms. The van der Waals surface area contributed by atoms with Crippen molar-refractivity contribution in [2.75, 3.05) is 17.3 Å². The van der Waals surface area contributed by atoms with Crippen LogP contribution in [0.2, 0.25) is 0 Å². The van der Waals surface area contributed by atoms with Gasteiger partial charge in [-0.15, -0.1) is 0 Å². The topological polar surface area (TPSA) is 85.1 Å². The van der Waals surface area contributed by atoms with Gasteiger partial charge >= 0.3 is 0 Å². The van der Waals surface area contributed by atoms with E-state index in [9.17, 15) is 0 Å². The second-order valence-corrected chi connectivity index (χ2v) is 5.57. The first-order valence-corrected chi connectivity index (χ1v) is 6.67. The summed E-state index contributed by atoms with van der Waals surface area (Å²) in [6.45, 7) is 9.20. The van der Waals surface area contributed by atoms with Crippen LogP contribution in [0.15, 0.2) is 6.20 Å². The van der Waals surface area contributed by atoms with E-state index in [0.29, 0.717) is 18.1 Å². The summed E-state index contributed by atoms with van der Waals surface area (Å²) in [5.74, 6) is 6.59. The molecular formula is C13H23N5O. The standard InChI is InChI=1S/C13H23N5O/c1-5-19-10-6-9(13(10,3)4)16-11-8(2)7-15-12(17-11)18-14/h7,9-10H,5-6,14H2,1-4H3,(H2,15,16,17,18). The van der Waals surface area contributed by atoms with Gasteiger partial charge in [-0.25, -0.2) is 10.8 Å². The molecule has 1 aliphatic carbocycles. The second kappa shape index (κ2) is 5.30. The number of hydrazine groups is 1. The SMILES string of the molecule is CCOC1CC(Nc2nc(NN)ncc2C)C1(C)C. The lowest BCUT2D eigenvalue weighted by Gasteiger charge is -2.51. The summed E-state index contributed by atoms with van der Waals surface area (Å²) in [6.07, 6.45) is 3.07. The number of anilines is 2. The van der Waals surface area contributed by atoms with E-state index in [1.807, 2.05) is 13.8 Å². The number of nitrogens with two attached hydrogens (primary N) is 1. The smallest absolute Gasteiger partial charge is 0.239 e. The van der Waals surface area contributed by atoms with Crippen LogP contribution in [0.1, 0.15) is 32.8 Å². The summed E-state index contributed by atoms with van der Waals surface area (Å²) < 4.78 is 5.73. The van der Waals surface area contributed by atoms with Gasteiger partial charge in [0.25, 0.3) is 0 Å². The number of nitrogens with one attached hydrogen (secondary N) is 2. The van der Waals surface area contributed by atoms with Crippen molar-refractivity contribution in [2.45, 2.75) is 46.3 Å². The molecule has 0 aromatic carbocycles. The molecule has 2 unspecified atom stereocenters. The van der Waals surface area contributed by atoms with Gasteiger partial charge < -0.3 is 10.1 Å². The molecule has 2 rings (SSSR count). The summed E-state index contributed by atoms with van der Waals surface area (Å²) in [4.78, 5) is 8.43. The van der Waals surface area contributed by atoms with Crippen molar-refractivity contribution in [3.05, 3.63) is 11.8 Å². The van der Waals surface area contributed by atoms with E-state index >= 15 is 0 Å². The van der Waals surface area contributed by atoms with Crippen LogP contribution in [0.25, 0.3) is 0 Å². The van der Waals surface area contributed by atoms with E-state index in [1.165, 1.54) is 0 Å². The lowest BCUT2D eigenvalue weighted by Crippen LogP contribution is -2.58. The van der Waals surface area contributed by atoms with Crippen LogP contribution in [-0.2, 0) is 4.74 Å². The highest BCUT2D eigenvalue weighted by molar-refractivity contribution is 5.47. The molecule has 106 valence electrons. The summed E-state index contributed by atoms with van der Waals surface area (Å²) >= 11 is 0. The first kappa shape index (κ1) is 14.0. The molecule has 1 fully saturated rings. The maximum atomic E-state index is 5.73. The second-order valence-electron chi connectivity index (χ2n) is 5.57. The molecule has 19 heavy (non-hydrogen) atoms. The Hall–Kier alpha value is -1.40. The van der Waals surface area contributed by atoms with Crippen molar-refractivity contribution in [2.24, 2.45) is 11.3 Å². The van der Waals surface area contributed by atoms with Crippen molar-refractivity contribution >= 4 is 11.8 Å². The highest BCUT2D eigenvalue weighted by Gasteiger charge is 2.49. The third-order valence-corrected chi connectivity index (χ3v) is 3.96. The Morgan fingerprint density at radius 1 is 1.53 bits per heavy atom. The van der Waals surface area contributed by atoms with Gasteiger partial charge in [0.1, 0.15) is 5.82 Å². The average molecular weight is 265 g/mol. The molecule has 1 saturated carbocycles. The Labute approximate surface area is 114 Å². The predicted molar refractivity (Wildman–Crippen MR) is 75.8 cm³/mol. The first-order valence-electron chi connectivity index (χ1n) is 6.67. The van der Waals surface area contributed by atoms with Crippen LogP contribution in [0.4, 0.5) is 11.8 Å². The summed E-state index contributed by atoms with van der Waals surface area (Å²) in [5.41, 5.74) is 3.58. The Balaban J connectivity index is 2.07. The molecule has 0 bridgehead atoms. The van der Waals surface area contributed by atoms with Gasteiger partial charge in [0.2, 0.25) is 5.95 Å². The average Bonchev–Trinajstić information content (AvgIpc) is 2.39. The number of aromatic nitrogens is 2.